The van der Waals surface area contributed by atoms with Crippen LogP contribution in [-0.2, 0) is 13.6 Å². The van der Waals surface area contributed by atoms with Crippen LogP contribution < -0.4 is 5.56 Å². The van der Waals surface area contributed by atoms with Gasteiger partial charge in [-0.1, -0.05) is 29.8 Å². The van der Waals surface area contributed by atoms with Crippen LogP contribution in [-0.4, -0.2) is 29.1 Å². The highest BCUT2D eigenvalue weighted by atomic mass is 16.1. The van der Waals surface area contributed by atoms with Crippen LogP contribution in [0.2, 0.25) is 0 Å². The van der Waals surface area contributed by atoms with Gasteiger partial charge in [0.15, 0.2) is 11.3 Å². The van der Waals surface area contributed by atoms with Gasteiger partial charge in [0, 0.05) is 30.4 Å². The molecule has 4 aromatic heterocycles. The summed E-state index contributed by atoms with van der Waals surface area (Å²) in [6.45, 7) is 4.72. The van der Waals surface area contributed by atoms with E-state index >= 15 is 0 Å². The number of aromatic nitrogens is 6. The quantitative estimate of drug-likeness (QED) is 0.517. The van der Waals surface area contributed by atoms with Crippen molar-refractivity contribution in [2.24, 2.45) is 7.05 Å². The minimum absolute atomic E-state index is 0.0666. The van der Waals surface area contributed by atoms with Crippen LogP contribution in [0.1, 0.15) is 17.0 Å². The zero-order valence-corrected chi connectivity index (χ0v) is 16.5. The molecule has 1 aromatic carbocycles. The lowest BCUT2D eigenvalue weighted by atomic mass is 10.1. The lowest BCUT2D eigenvalue weighted by Crippen LogP contribution is -2.16. The predicted molar refractivity (Wildman–Crippen MR) is 113 cm³/mol. The first-order valence-electron chi connectivity index (χ1n) is 9.44. The molecule has 0 aliphatic heterocycles. The Balaban J connectivity index is 1.68. The normalized spacial score (nSPS) is 11.6. The molecule has 0 saturated carbocycles. The maximum Gasteiger partial charge on any atom is 0.274 e. The number of pyridine rings is 1. The molecular weight excluding hydrogens is 364 g/mol. The van der Waals surface area contributed by atoms with Crippen LogP contribution in [0.3, 0.4) is 0 Å². The smallest absolute Gasteiger partial charge is 0.274 e. The van der Waals surface area contributed by atoms with Gasteiger partial charge in [0.2, 0.25) is 0 Å². The first-order chi connectivity index (χ1) is 14.0. The van der Waals surface area contributed by atoms with Crippen molar-refractivity contribution in [2.45, 2.75) is 20.4 Å². The van der Waals surface area contributed by atoms with E-state index in [4.69, 9.17) is 4.98 Å². The van der Waals surface area contributed by atoms with Gasteiger partial charge in [0.1, 0.15) is 11.3 Å². The molecule has 144 valence electrons. The van der Waals surface area contributed by atoms with Crippen molar-refractivity contribution in [3.05, 3.63) is 76.2 Å². The first kappa shape index (κ1) is 17.4. The van der Waals surface area contributed by atoms with E-state index in [-0.39, 0.29) is 5.56 Å². The summed E-state index contributed by atoms with van der Waals surface area (Å²) < 4.78 is 3.64. The fraction of sp³-hybridized carbons (Fsp3) is 0.182. The molecule has 29 heavy (non-hydrogen) atoms. The number of hydrogen-bond donors (Lipinski definition) is 1. The van der Waals surface area contributed by atoms with Gasteiger partial charge in [-0.15, -0.1) is 0 Å². The van der Waals surface area contributed by atoms with Gasteiger partial charge < -0.3 is 14.1 Å². The second-order valence-corrected chi connectivity index (χ2v) is 7.36. The number of rotatable bonds is 3. The molecule has 1 N–H and O–H groups in total. The molecular formula is C22H20N6O. The molecule has 0 radical (unpaired) electrons. The van der Waals surface area contributed by atoms with E-state index in [2.05, 4.69) is 50.7 Å². The van der Waals surface area contributed by atoms with Crippen molar-refractivity contribution in [1.82, 2.24) is 29.1 Å². The van der Waals surface area contributed by atoms with E-state index in [1.54, 1.807) is 24.0 Å². The Morgan fingerprint density at radius 1 is 1.07 bits per heavy atom. The molecule has 4 heterocycles. The van der Waals surface area contributed by atoms with Gasteiger partial charge in [-0.3, -0.25) is 4.79 Å². The highest BCUT2D eigenvalue weighted by molar-refractivity contribution is 5.93. The summed E-state index contributed by atoms with van der Waals surface area (Å²) in [7, 11) is 1.74. The van der Waals surface area contributed by atoms with Crippen LogP contribution in [0.25, 0.3) is 33.5 Å². The lowest BCUT2D eigenvalue weighted by Gasteiger charge is -2.09. The Morgan fingerprint density at radius 2 is 1.86 bits per heavy atom. The first-order valence-corrected chi connectivity index (χ1v) is 9.44. The number of nitrogens with zero attached hydrogens (tertiary/aromatic N) is 5. The molecule has 0 amide bonds. The molecule has 0 unspecified atom stereocenters. The molecule has 0 spiro atoms. The zero-order valence-electron chi connectivity index (χ0n) is 16.5. The standard InChI is InChI=1S/C22H20N6O/c1-13-4-6-15(7-5-13)11-28-14(2)25-20-21(28)26-18(10-24-20)17-12-27(3)22(29)19-16(17)8-9-23-19/h4-10,12,23H,11H2,1-3H3. The summed E-state index contributed by atoms with van der Waals surface area (Å²) in [6, 6.07) is 10.3. The lowest BCUT2D eigenvalue weighted by molar-refractivity contribution is 0.777. The SMILES string of the molecule is Cc1ccc(Cn2c(C)nc3ncc(-c4cn(C)c(=O)c5[nH]ccc45)nc32)cc1. The van der Waals surface area contributed by atoms with E-state index in [1.807, 2.05) is 19.2 Å². The van der Waals surface area contributed by atoms with Crippen molar-refractivity contribution in [1.29, 1.82) is 0 Å². The Bertz CT molecular complexity index is 1420. The number of nitrogens with one attached hydrogen (secondary N) is 1. The van der Waals surface area contributed by atoms with Gasteiger partial charge in [-0.25, -0.2) is 15.0 Å². The number of fused-ring (bicyclic) bond motifs is 2. The summed E-state index contributed by atoms with van der Waals surface area (Å²) in [5, 5.41) is 0.836. The van der Waals surface area contributed by atoms with E-state index in [0.29, 0.717) is 23.4 Å². The Labute approximate surface area is 166 Å². The summed E-state index contributed by atoms with van der Waals surface area (Å²) >= 11 is 0. The Kier molecular flexibility index (Phi) is 3.84. The Hall–Kier alpha value is -3.74. The zero-order chi connectivity index (χ0) is 20.1. The molecule has 0 aliphatic rings. The summed E-state index contributed by atoms with van der Waals surface area (Å²) in [5.74, 6) is 0.866. The van der Waals surface area contributed by atoms with Crippen molar-refractivity contribution in [3.63, 3.8) is 0 Å². The molecule has 5 aromatic rings. The van der Waals surface area contributed by atoms with Crippen molar-refractivity contribution < 1.29 is 0 Å². The highest BCUT2D eigenvalue weighted by Gasteiger charge is 2.15. The van der Waals surface area contributed by atoms with E-state index < -0.39 is 0 Å². The average Bonchev–Trinajstić information content (AvgIpc) is 3.31. The second-order valence-electron chi connectivity index (χ2n) is 7.36. The third-order valence-corrected chi connectivity index (χ3v) is 5.28. The monoisotopic (exact) mass is 384 g/mol. The summed E-state index contributed by atoms with van der Waals surface area (Å²) in [5.41, 5.74) is 5.83. The minimum atomic E-state index is -0.0666. The Morgan fingerprint density at radius 3 is 2.66 bits per heavy atom. The number of hydrogen-bond acceptors (Lipinski definition) is 4. The average molecular weight is 384 g/mol. The molecule has 0 atom stereocenters. The summed E-state index contributed by atoms with van der Waals surface area (Å²) in [6.07, 6.45) is 5.30. The molecule has 0 saturated heterocycles. The molecule has 7 nitrogen and oxygen atoms in total. The van der Waals surface area contributed by atoms with Gasteiger partial charge in [-0.2, -0.15) is 0 Å². The maximum absolute atomic E-state index is 12.4. The van der Waals surface area contributed by atoms with Crippen molar-refractivity contribution >= 4 is 22.2 Å². The van der Waals surface area contributed by atoms with Crippen LogP contribution >= 0.6 is 0 Å². The number of aryl methyl sites for hydroxylation is 3. The third kappa shape index (κ3) is 2.82. The van der Waals surface area contributed by atoms with E-state index in [1.165, 1.54) is 11.1 Å². The minimum Gasteiger partial charge on any atom is -0.357 e. The summed E-state index contributed by atoms with van der Waals surface area (Å²) in [4.78, 5) is 29.4. The van der Waals surface area contributed by atoms with Gasteiger partial charge in [-0.05, 0) is 25.5 Å². The van der Waals surface area contributed by atoms with E-state index in [0.717, 1.165) is 22.4 Å². The molecule has 7 heteroatoms. The third-order valence-electron chi connectivity index (χ3n) is 5.28. The van der Waals surface area contributed by atoms with Crippen molar-refractivity contribution in [2.75, 3.05) is 0 Å². The molecule has 5 rings (SSSR count). The van der Waals surface area contributed by atoms with Gasteiger partial charge in [0.05, 0.1) is 18.4 Å². The maximum atomic E-state index is 12.4. The van der Waals surface area contributed by atoms with E-state index in [9.17, 15) is 4.79 Å². The second kappa shape index (κ2) is 6.41. The van der Waals surface area contributed by atoms with Crippen LogP contribution in [0.4, 0.5) is 0 Å². The highest BCUT2D eigenvalue weighted by Crippen LogP contribution is 2.26. The van der Waals surface area contributed by atoms with Crippen LogP contribution in [0, 0.1) is 13.8 Å². The number of aromatic amines is 1. The molecule has 0 fully saturated rings. The molecule has 0 aliphatic carbocycles. The van der Waals surface area contributed by atoms with Gasteiger partial charge in [0.25, 0.3) is 5.56 Å². The number of benzene rings is 1. The van der Waals surface area contributed by atoms with Crippen molar-refractivity contribution in [3.8, 4) is 11.3 Å². The fourth-order valence-electron chi connectivity index (χ4n) is 3.67. The number of H-pyrrole nitrogens is 1. The number of imidazole rings is 1. The van der Waals surface area contributed by atoms with Gasteiger partial charge >= 0.3 is 0 Å². The largest absolute Gasteiger partial charge is 0.357 e. The van der Waals surface area contributed by atoms with Crippen LogP contribution in [0.5, 0.6) is 0 Å². The predicted octanol–water partition coefficient (Wildman–Crippen LogP) is 3.34. The fourth-order valence-corrected chi connectivity index (χ4v) is 3.67. The molecule has 0 bridgehead atoms. The van der Waals surface area contributed by atoms with Crippen LogP contribution in [0.15, 0.2) is 53.7 Å². The topological polar surface area (TPSA) is 81.4 Å².